The van der Waals surface area contributed by atoms with E-state index < -0.39 is 32.6 Å². The lowest BCUT2D eigenvalue weighted by Crippen LogP contribution is -2.43. The molecule has 274 valence electrons. The highest BCUT2D eigenvalue weighted by atomic mass is 35.5. The predicted molar refractivity (Wildman–Crippen MR) is 198 cm³/mol. The molecule has 1 atom stereocenters. The lowest BCUT2D eigenvalue weighted by Gasteiger charge is -2.36. The molecule has 2 rings (SSSR count). The average molecular weight is 754 g/mol. The predicted octanol–water partition coefficient (Wildman–Crippen LogP) is 8.98. The van der Waals surface area contributed by atoms with Crippen LogP contribution in [0.25, 0.3) is 0 Å². The molecule has 1 N–H and O–H groups in total. The van der Waals surface area contributed by atoms with Gasteiger partial charge in [-0.3, -0.25) is 25.0 Å². The zero-order chi connectivity index (χ0) is 36.6. The van der Waals surface area contributed by atoms with Crippen LogP contribution in [-0.4, -0.2) is 75.2 Å². The first kappa shape index (κ1) is 47.5. The highest BCUT2D eigenvalue weighted by molar-refractivity contribution is 6.74. The Morgan fingerprint density at radius 1 is 0.750 bits per heavy atom. The molecule has 0 heterocycles. The zero-order valence-electron chi connectivity index (χ0n) is 29.0. The monoisotopic (exact) mass is 752 g/mol. The summed E-state index contributed by atoms with van der Waals surface area (Å²) < 4.78 is 22.3. The average Bonchev–Trinajstić information content (AvgIpc) is 2.96. The van der Waals surface area contributed by atoms with Crippen molar-refractivity contribution in [3.63, 3.8) is 0 Å². The zero-order valence-corrected chi connectivity index (χ0v) is 32.5. The van der Waals surface area contributed by atoms with Crippen LogP contribution in [0, 0.1) is 20.2 Å². The number of hydrogen-bond donors (Lipinski definition) is 1. The molecule has 0 spiro atoms. The number of rotatable bonds is 14. The summed E-state index contributed by atoms with van der Waals surface area (Å²) in [6.07, 6.45) is -0.825. The van der Waals surface area contributed by atoms with Crippen LogP contribution in [0.4, 0.5) is 11.4 Å². The van der Waals surface area contributed by atoms with Gasteiger partial charge in [-0.1, -0.05) is 73.2 Å². The summed E-state index contributed by atoms with van der Waals surface area (Å²) in [6, 6.07) is 12.1. The third-order valence-corrected chi connectivity index (χ3v) is 16.8. The van der Waals surface area contributed by atoms with E-state index in [1.807, 2.05) is 0 Å². The minimum atomic E-state index is -1.99. The lowest BCUT2D eigenvalue weighted by molar-refractivity contribution is -0.386. The van der Waals surface area contributed by atoms with Crippen LogP contribution in [0.5, 0.6) is 11.5 Å². The van der Waals surface area contributed by atoms with Gasteiger partial charge >= 0.3 is 11.4 Å². The maximum atomic E-state index is 11.9. The van der Waals surface area contributed by atoms with Gasteiger partial charge in [-0.15, -0.1) is 23.2 Å². The molecule has 0 aliphatic carbocycles. The van der Waals surface area contributed by atoms with Crippen LogP contribution in [-0.2, 0) is 13.6 Å². The van der Waals surface area contributed by atoms with Crippen molar-refractivity contribution >= 4 is 57.0 Å². The van der Waals surface area contributed by atoms with Crippen molar-refractivity contribution in [3.8, 4) is 11.5 Å². The Morgan fingerprint density at radius 2 is 1.12 bits per heavy atom. The van der Waals surface area contributed by atoms with Crippen LogP contribution in [0.1, 0.15) is 49.0 Å². The van der Waals surface area contributed by atoms with Gasteiger partial charge in [0, 0.05) is 12.1 Å². The quantitative estimate of drug-likeness (QED) is 0.0853. The molecule has 12 nitrogen and oxygen atoms in total. The Labute approximate surface area is 297 Å². The molecular formula is C32H54Cl2N2O10Si2. The molecule has 0 aliphatic rings. The second-order valence-corrected chi connectivity index (χ2v) is 23.9. The van der Waals surface area contributed by atoms with E-state index in [1.165, 1.54) is 24.3 Å². The summed E-state index contributed by atoms with van der Waals surface area (Å²) in [6.45, 7) is 20.8. The molecule has 0 amide bonds. The van der Waals surface area contributed by atoms with Crippen molar-refractivity contribution < 1.29 is 38.1 Å². The fraction of sp³-hybridized carbons (Fsp3) is 0.594. The Kier molecular flexibility index (Phi) is 21.3. The van der Waals surface area contributed by atoms with Crippen molar-refractivity contribution in [1.29, 1.82) is 0 Å². The fourth-order valence-electron chi connectivity index (χ4n) is 2.89. The molecule has 0 aromatic heterocycles. The van der Waals surface area contributed by atoms with Gasteiger partial charge in [-0.05, 0) is 48.4 Å². The number of nitro groups is 2. The number of nitro benzene ring substituents is 2. The molecule has 2 aromatic rings. The second-order valence-electron chi connectivity index (χ2n) is 13.5. The van der Waals surface area contributed by atoms with Gasteiger partial charge in [-0.25, -0.2) is 0 Å². The van der Waals surface area contributed by atoms with E-state index in [2.05, 4.69) is 67.7 Å². The number of benzene rings is 2. The molecule has 0 radical (unpaired) electrons. The summed E-state index contributed by atoms with van der Waals surface area (Å²) in [5, 5.41) is 32.0. The highest BCUT2D eigenvalue weighted by Crippen LogP contribution is 2.37. The Balaban J connectivity index is 0. The van der Waals surface area contributed by atoms with Gasteiger partial charge in [0.25, 0.3) is 0 Å². The van der Waals surface area contributed by atoms with Crippen LogP contribution < -0.4 is 9.47 Å². The molecule has 0 saturated heterocycles. The molecule has 2 aromatic carbocycles. The topological polar surface area (TPSA) is 161 Å². The Morgan fingerprint density at radius 3 is 1.52 bits per heavy atom. The number of nitrogens with zero attached hydrogens (tertiary/aromatic N) is 2. The van der Waals surface area contributed by atoms with Gasteiger partial charge in [0.15, 0.2) is 33.9 Å². The maximum absolute atomic E-state index is 11.9. The summed E-state index contributed by atoms with van der Waals surface area (Å²) >= 11 is 9.53. The first-order valence-corrected chi connectivity index (χ1v) is 21.7. The van der Waals surface area contributed by atoms with Crippen LogP contribution in [0.3, 0.4) is 0 Å². The third-order valence-electron chi connectivity index (χ3n) is 7.79. The van der Waals surface area contributed by atoms with Crippen LogP contribution >= 0.6 is 23.2 Å². The number of hydrogen-bond acceptors (Lipinski definition) is 10. The minimum absolute atomic E-state index is 0. The van der Waals surface area contributed by atoms with Gasteiger partial charge in [0.05, 0.1) is 28.4 Å². The summed E-state index contributed by atoms with van der Waals surface area (Å²) in [7, 11) is -3.92. The van der Waals surface area contributed by atoms with Crippen LogP contribution in [0.15, 0.2) is 48.5 Å². The molecule has 0 saturated carbocycles. The minimum Gasteiger partial charge on any atom is -0.484 e. The van der Waals surface area contributed by atoms with E-state index in [1.54, 1.807) is 24.3 Å². The van der Waals surface area contributed by atoms with Gasteiger partial charge < -0.3 is 23.4 Å². The number of para-hydroxylation sites is 4. The van der Waals surface area contributed by atoms with E-state index in [0.29, 0.717) is 0 Å². The number of halogens is 2. The molecular weight excluding hydrogens is 699 g/mol. The van der Waals surface area contributed by atoms with Gasteiger partial charge in [0.2, 0.25) is 0 Å². The number of aliphatic hydroxyl groups is 1. The van der Waals surface area contributed by atoms with E-state index in [9.17, 15) is 30.1 Å². The van der Waals surface area contributed by atoms with Gasteiger partial charge in [0.1, 0.15) is 19.3 Å². The highest BCUT2D eigenvalue weighted by Gasteiger charge is 2.38. The number of carbonyl (C=O) groups is 1. The SMILES string of the molecule is C.CC(C)(C)[Si](C)(C)OCC(=O)COc1ccccc1[N+](=O)[O-].CC(C)(C)[Si](C)(C)OCC(O)COc1ccccc1[N+](=O)[O-].ClCCl. The van der Waals surface area contributed by atoms with E-state index in [-0.39, 0.29) is 77.9 Å². The molecule has 1 unspecified atom stereocenters. The molecule has 0 fully saturated rings. The summed E-state index contributed by atoms with van der Waals surface area (Å²) in [5.41, 5.74) is -0.263. The number of ketones is 1. The van der Waals surface area contributed by atoms with E-state index in [4.69, 9.17) is 41.5 Å². The molecule has 16 heteroatoms. The summed E-state index contributed by atoms with van der Waals surface area (Å²) in [5.74, 6) is 0.00929. The lowest BCUT2D eigenvalue weighted by atomic mass is 10.2. The first-order chi connectivity index (χ1) is 21.5. The second kappa shape index (κ2) is 21.5. The van der Waals surface area contributed by atoms with Crippen molar-refractivity contribution in [2.24, 2.45) is 0 Å². The maximum Gasteiger partial charge on any atom is 0.310 e. The van der Waals surface area contributed by atoms with Crippen molar-refractivity contribution in [2.45, 2.75) is 91.3 Å². The van der Waals surface area contributed by atoms with Crippen LogP contribution in [0.2, 0.25) is 36.3 Å². The van der Waals surface area contributed by atoms with Crippen molar-refractivity contribution in [3.05, 3.63) is 68.8 Å². The van der Waals surface area contributed by atoms with Crippen molar-refractivity contribution in [2.75, 3.05) is 31.8 Å². The largest absolute Gasteiger partial charge is 0.484 e. The summed E-state index contributed by atoms with van der Waals surface area (Å²) in [4.78, 5) is 32.6. The Hall–Kier alpha value is -2.60. The smallest absolute Gasteiger partial charge is 0.310 e. The standard InChI is InChI=1S/C15H25NO5Si.C15H23NO5Si.CH2Cl2.CH4/c2*1-15(2,3)22(4,5)21-11-12(17)10-20-14-9-7-6-8-13(14)16(18)19;2-1-3;/h6-9,12,17H,10-11H2,1-5H3;6-9H,10-11H2,1-5H3;1H2;1H4. The third kappa shape index (κ3) is 17.2. The number of ether oxygens (including phenoxy) is 2. The Bertz CT molecular complexity index is 1290. The van der Waals surface area contributed by atoms with Gasteiger partial charge in [-0.2, -0.15) is 0 Å². The normalized spacial score (nSPS) is 12.2. The molecule has 0 bridgehead atoms. The number of carbonyl (C=O) groups excluding carboxylic acids is 1. The molecule has 48 heavy (non-hydrogen) atoms. The number of Topliss-reactive ketones (excluding diaryl/α,β-unsaturated/α-hetero) is 1. The molecule has 0 aliphatic heterocycles. The van der Waals surface area contributed by atoms with E-state index >= 15 is 0 Å². The number of aliphatic hydroxyl groups excluding tert-OH is 1. The first-order valence-electron chi connectivity index (χ1n) is 14.8. The van der Waals surface area contributed by atoms with Crippen molar-refractivity contribution in [1.82, 2.24) is 0 Å². The fourth-order valence-corrected chi connectivity index (χ4v) is 4.89. The number of alkyl halides is 2. The van der Waals surface area contributed by atoms with E-state index in [0.717, 1.165) is 0 Å².